The van der Waals surface area contributed by atoms with Crippen LogP contribution in [0.25, 0.3) is 0 Å². The van der Waals surface area contributed by atoms with Crippen molar-refractivity contribution < 1.29 is 30.7 Å². The van der Waals surface area contributed by atoms with Crippen LogP contribution in [-0.4, -0.2) is 12.7 Å². The van der Waals surface area contributed by atoms with Gasteiger partial charge in [0.05, 0.1) is 12.0 Å². The summed E-state index contributed by atoms with van der Waals surface area (Å²) in [6, 6.07) is 2.31. The van der Waals surface area contributed by atoms with Gasteiger partial charge in [-0.25, -0.2) is 4.39 Å². The molecule has 0 unspecified atom stereocenters. The summed E-state index contributed by atoms with van der Waals surface area (Å²) in [5.74, 6) is -1.41. The van der Waals surface area contributed by atoms with Crippen molar-refractivity contribution in [2.24, 2.45) is 0 Å². The molecule has 108 valence electrons. The fraction of sp³-hybridized carbons (Fsp3) is 0.455. The number of benzene rings is 1. The Kier molecular flexibility index (Phi) is 4.78. The lowest BCUT2D eigenvalue weighted by atomic mass is 10.1. The van der Waals surface area contributed by atoms with Gasteiger partial charge >= 0.3 is 12.4 Å². The maximum absolute atomic E-state index is 12.9. The molecule has 1 rings (SSSR count). The first-order valence-electron chi connectivity index (χ1n) is 5.23. The van der Waals surface area contributed by atoms with Gasteiger partial charge < -0.3 is 5.32 Å². The molecule has 8 heteroatoms. The van der Waals surface area contributed by atoms with Crippen molar-refractivity contribution in [3.05, 3.63) is 35.1 Å². The Morgan fingerprint density at radius 2 is 1.63 bits per heavy atom. The van der Waals surface area contributed by atoms with Crippen molar-refractivity contribution in [2.45, 2.75) is 25.3 Å². The van der Waals surface area contributed by atoms with Crippen LogP contribution in [0.15, 0.2) is 18.2 Å². The standard InChI is InChI=1S/C11H10F7N/c12-9-2-1-7(5-8(9)11(16,17)18)6-19-4-3-10(13,14)15/h1-2,5,19H,3-4,6H2. The van der Waals surface area contributed by atoms with Gasteiger partial charge in [0.2, 0.25) is 0 Å². The molecule has 0 atom stereocenters. The van der Waals surface area contributed by atoms with Crippen LogP contribution in [0.1, 0.15) is 17.5 Å². The maximum Gasteiger partial charge on any atom is 0.419 e. The highest BCUT2D eigenvalue weighted by Crippen LogP contribution is 2.31. The van der Waals surface area contributed by atoms with Crippen LogP contribution in [0, 0.1) is 5.82 Å². The highest BCUT2D eigenvalue weighted by molar-refractivity contribution is 5.27. The van der Waals surface area contributed by atoms with Gasteiger partial charge in [0.25, 0.3) is 0 Å². The summed E-state index contributed by atoms with van der Waals surface area (Å²) < 4.78 is 85.5. The Balaban J connectivity index is 2.61. The molecule has 0 amide bonds. The van der Waals surface area contributed by atoms with Gasteiger partial charge in [-0.2, -0.15) is 26.3 Å². The van der Waals surface area contributed by atoms with Crippen LogP contribution in [0.2, 0.25) is 0 Å². The lowest BCUT2D eigenvalue weighted by Gasteiger charge is -2.11. The normalized spacial score (nSPS) is 12.8. The first-order chi connectivity index (χ1) is 8.59. The predicted molar refractivity (Wildman–Crippen MR) is 53.8 cm³/mol. The van der Waals surface area contributed by atoms with Gasteiger partial charge in [0.1, 0.15) is 5.82 Å². The van der Waals surface area contributed by atoms with E-state index in [1.807, 2.05) is 0 Å². The quantitative estimate of drug-likeness (QED) is 0.655. The largest absolute Gasteiger partial charge is 0.419 e. The average Bonchev–Trinajstić information content (AvgIpc) is 2.23. The molecule has 0 aliphatic carbocycles. The van der Waals surface area contributed by atoms with E-state index in [2.05, 4.69) is 5.32 Å². The Morgan fingerprint density at radius 3 is 2.16 bits per heavy atom. The minimum atomic E-state index is -4.83. The summed E-state index contributed by atoms with van der Waals surface area (Å²) in [6.45, 7) is -0.609. The predicted octanol–water partition coefficient (Wildman–Crippen LogP) is 3.89. The van der Waals surface area contributed by atoms with E-state index < -0.39 is 36.7 Å². The Bertz CT molecular complexity index is 422. The highest BCUT2D eigenvalue weighted by atomic mass is 19.4. The summed E-state index contributed by atoms with van der Waals surface area (Å²) in [4.78, 5) is 0. The fourth-order valence-corrected chi connectivity index (χ4v) is 1.36. The van der Waals surface area contributed by atoms with Crippen LogP contribution < -0.4 is 5.32 Å². The van der Waals surface area contributed by atoms with Crippen molar-refractivity contribution in [3.63, 3.8) is 0 Å². The average molecular weight is 289 g/mol. The molecule has 0 radical (unpaired) electrons. The Hall–Kier alpha value is -1.31. The molecular weight excluding hydrogens is 279 g/mol. The van der Waals surface area contributed by atoms with Gasteiger partial charge in [-0.3, -0.25) is 0 Å². The molecule has 0 aromatic heterocycles. The Morgan fingerprint density at radius 1 is 1.00 bits per heavy atom. The topological polar surface area (TPSA) is 12.0 Å². The second kappa shape index (κ2) is 5.77. The van der Waals surface area contributed by atoms with Crippen molar-refractivity contribution in [2.75, 3.05) is 6.54 Å². The number of hydrogen-bond donors (Lipinski definition) is 1. The summed E-state index contributed by atoms with van der Waals surface area (Å²) in [6.07, 6.45) is -10.2. The molecule has 0 aliphatic rings. The molecule has 1 N–H and O–H groups in total. The van der Waals surface area contributed by atoms with E-state index in [4.69, 9.17) is 0 Å². The van der Waals surface area contributed by atoms with Crippen molar-refractivity contribution in [1.29, 1.82) is 0 Å². The van der Waals surface area contributed by atoms with Crippen LogP contribution in [0.4, 0.5) is 30.7 Å². The van der Waals surface area contributed by atoms with E-state index in [-0.39, 0.29) is 12.1 Å². The summed E-state index contributed by atoms with van der Waals surface area (Å²) >= 11 is 0. The van der Waals surface area contributed by atoms with E-state index in [9.17, 15) is 30.7 Å². The first kappa shape index (κ1) is 15.7. The SMILES string of the molecule is Fc1ccc(CNCCC(F)(F)F)cc1C(F)(F)F. The zero-order valence-electron chi connectivity index (χ0n) is 9.50. The molecule has 0 spiro atoms. The van der Waals surface area contributed by atoms with Gasteiger partial charge in [-0.05, 0) is 17.7 Å². The van der Waals surface area contributed by atoms with Crippen LogP contribution in [0.3, 0.4) is 0 Å². The Labute approximate surface area is 104 Å². The molecule has 1 aromatic carbocycles. The molecule has 0 aliphatic heterocycles. The molecule has 1 aromatic rings. The third-order valence-corrected chi connectivity index (χ3v) is 2.25. The maximum atomic E-state index is 12.9. The van der Waals surface area contributed by atoms with E-state index in [1.54, 1.807) is 0 Å². The number of hydrogen-bond acceptors (Lipinski definition) is 1. The van der Waals surface area contributed by atoms with Crippen LogP contribution >= 0.6 is 0 Å². The second-order valence-electron chi connectivity index (χ2n) is 3.85. The summed E-state index contributed by atoms with van der Waals surface area (Å²) in [5.41, 5.74) is -1.36. The number of alkyl halides is 6. The first-order valence-corrected chi connectivity index (χ1v) is 5.23. The van der Waals surface area contributed by atoms with Gasteiger partial charge in [0, 0.05) is 13.1 Å². The molecule has 1 nitrogen and oxygen atoms in total. The molecule has 0 saturated heterocycles. The van der Waals surface area contributed by atoms with Crippen molar-refractivity contribution in [3.8, 4) is 0 Å². The molecule has 0 saturated carbocycles. The third-order valence-electron chi connectivity index (χ3n) is 2.25. The lowest BCUT2D eigenvalue weighted by Crippen LogP contribution is -2.21. The zero-order valence-corrected chi connectivity index (χ0v) is 9.50. The molecule has 0 bridgehead atoms. The summed E-state index contributed by atoms with van der Waals surface area (Å²) in [5, 5.41) is 2.35. The second-order valence-corrected chi connectivity index (χ2v) is 3.85. The van der Waals surface area contributed by atoms with Crippen molar-refractivity contribution >= 4 is 0 Å². The highest BCUT2D eigenvalue weighted by Gasteiger charge is 2.34. The van der Waals surface area contributed by atoms with Gasteiger partial charge in [-0.15, -0.1) is 0 Å². The monoisotopic (exact) mass is 289 g/mol. The van der Waals surface area contributed by atoms with E-state index in [1.165, 1.54) is 0 Å². The van der Waals surface area contributed by atoms with Gasteiger partial charge in [0.15, 0.2) is 0 Å². The fourth-order valence-electron chi connectivity index (χ4n) is 1.36. The van der Waals surface area contributed by atoms with E-state index in [0.717, 1.165) is 6.07 Å². The van der Waals surface area contributed by atoms with Crippen molar-refractivity contribution in [1.82, 2.24) is 5.32 Å². The molecular formula is C11H10F7N. The number of rotatable bonds is 4. The lowest BCUT2D eigenvalue weighted by molar-refractivity contribution is -0.140. The molecule has 0 heterocycles. The minimum Gasteiger partial charge on any atom is -0.312 e. The zero-order chi connectivity index (χ0) is 14.7. The minimum absolute atomic E-state index is 0.0656. The van der Waals surface area contributed by atoms with E-state index in [0.29, 0.717) is 12.1 Å². The molecule has 19 heavy (non-hydrogen) atoms. The summed E-state index contributed by atoms with van der Waals surface area (Å²) in [7, 11) is 0. The molecule has 0 fully saturated rings. The van der Waals surface area contributed by atoms with E-state index >= 15 is 0 Å². The van der Waals surface area contributed by atoms with Crippen LogP contribution in [-0.2, 0) is 12.7 Å². The smallest absolute Gasteiger partial charge is 0.312 e. The van der Waals surface area contributed by atoms with Crippen LogP contribution in [0.5, 0.6) is 0 Å². The number of halogens is 7. The third kappa shape index (κ3) is 5.46. The van der Waals surface area contributed by atoms with Gasteiger partial charge in [-0.1, -0.05) is 6.07 Å². The number of nitrogens with one attached hydrogen (secondary N) is 1.